The van der Waals surface area contributed by atoms with E-state index in [2.05, 4.69) is 26.4 Å². The van der Waals surface area contributed by atoms with Crippen LogP contribution in [0.5, 0.6) is 0 Å². The van der Waals surface area contributed by atoms with Gasteiger partial charge in [-0.05, 0) is 34.5 Å². The molecule has 5 nitrogen and oxygen atoms in total. The van der Waals surface area contributed by atoms with Gasteiger partial charge in [-0.25, -0.2) is 0 Å². The molecule has 0 saturated heterocycles. The third-order valence-electron chi connectivity index (χ3n) is 2.49. The third kappa shape index (κ3) is 3.75. The van der Waals surface area contributed by atoms with Gasteiger partial charge in [-0.1, -0.05) is 35.3 Å². The molecule has 4 N–H and O–H groups in total. The number of anilines is 1. The number of carbonyl (C=O) groups is 1. The Balaban J connectivity index is 2.97. The van der Waals surface area contributed by atoms with E-state index in [1.54, 1.807) is 19.1 Å². The van der Waals surface area contributed by atoms with Crippen LogP contribution in [-0.2, 0) is 4.79 Å². The zero-order valence-electron chi connectivity index (χ0n) is 9.95. The zero-order chi connectivity index (χ0) is 14.6. The lowest BCUT2D eigenvalue weighted by Crippen LogP contribution is -2.34. The molecule has 104 valence electrons. The standard InChI is InChI=1S/C11H12BrCl2N3O2/c1-2-5(10(15)17-19)11(18)16-7-4-3-6(12)8(13)9(7)14/h3-5,19H,2H2,1H3,(H2,15,17)(H,16,18). The van der Waals surface area contributed by atoms with E-state index in [1.807, 2.05) is 0 Å². The van der Waals surface area contributed by atoms with Gasteiger partial charge in [0.05, 0.1) is 21.7 Å². The van der Waals surface area contributed by atoms with Crippen LogP contribution in [0.3, 0.4) is 0 Å². The van der Waals surface area contributed by atoms with Crippen LogP contribution in [0.1, 0.15) is 13.3 Å². The highest BCUT2D eigenvalue weighted by atomic mass is 79.9. The Kier molecular flexibility index (Phi) is 5.90. The number of halogens is 3. The molecule has 0 heterocycles. The summed E-state index contributed by atoms with van der Waals surface area (Å²) in [5, 5.41) is 14.6. The topological polar surface area (TPSA) is 87.7 Å². The van der Waals surface area contributed by atoms with Gasteiger partial charge in [-0.15, -0.1) is 0 Å². The largest absolute Gasteiger partial charge is 0.409 e. The van der Waals surface area contributed by atoms with Gasteiger partial charge in [0.1, 0.15) is 0 Å². The lowest BCUT2D eigenvalue weighted by atomic mass is 10.0. The number of oxime groups is 1. The summed E-state index contributed by atoms with van der Waals surface area (Å²) in [6, 6.07) is 3.27. The molecule has 19 heavy (non-hydrogen) atoms. The molecule has 0 aliphatic rings. The van der Waals surface area contributed by atoms with Crippen molar-refractivity contribution in [1.29, 1.82) is 0 Å². The van der Waals surface area contributed by atoms with Crippen LogP contribution in [0.15, 0.2) is 21.8 Å². The first-order chi connectivity index (χ1) is 8.92. The molecule has 0 radical (unpaired) electrons. The highest BCUT2D eigenvalue weighted by Gasteiger charge is 2.22. The second-order valence-corrected chi connectivity index (χ2v) is 5.31. The Labute approximate surface area is 128 Å². The zero-order valence-corrected chi connectivity index (χ0v) is 13.1. The van der Waals surface area contributed by atoms with E-state index >= 15 is 0 Å². The van der Waals surface area contributed by atoms with Gasteiger partial charge in [-0.2, -0.15) is 0 Å². The Morgan fingerprint density at radius 1 is 1.53 bits per heavy atom. The second-order valence-electron chi connectivity index (χ2n) is 3.70. The summed E-state index contributed by atoms with van der Waals surface area (Å²) >= 11 is 15.2. The van der Waals surface area contributed by atoms with Crippen molar-refractivity contribution in [3.05, 3.63) is 26.7 Å². The SMILES string of the molecule is CCC(C(=O)Nc1ccc(Br)c(Cl)c1Cl)/C(N)=N/O. The number of amides is 1. The molecule has 0 aliphatic carbocycles. The van der Waals surface area contributed by atoms with Gasteiger partial charge in [0.15, 0.2) is 5.84 Å². The van der Waals surface area contributed by atoms with Crippen molar-refractivity contribution in [1.82, 2.24) is 0 Å². The molecule has 0 aliphatic heterocycles. The smallest absolute Gasteiger partial charge is 0.235 e. The summed E-state index contributed by atoms with van der Waals surface area (Å²) in [6.45, 7) is 1.75. The lowest BCUT2D eigenvalue weighted by molar-refractivity contribution is -0.118. The molecule has 0 spiro atoms. The van der Waals surface area contributed by atoms with Gasteiger partial charge in [0, 0.05) is 4.47 Å². The molecule has 1 atom stereocenters. The summed E-state index contributed by atoms with van der Waals surface area (Å²) < 4.78 is 0.626. The van der Waals surface area contributed by atoms with Crippen LogP contribution in [0.2, 0.25) is 10.0 Å². The minimum absolute atomic E-state index is 0.153. The Morgan fingerprint density at radius 3 is 2.68 bits per heavy atom. The Bertz CT molecular complexity index is 523. The molecule has 0 saturated carbocycles. The van der Waals surface area contributed by atoms with Crippen molar-refractivity contribution in [2.24, 2.45) is 16.8 Å². The van der Waals surface area contributed by atoms with Crippen LogP contribution in [-0.4, -0.2) is 17.0 Å². The van der Waals surface area contributed by atoms with Crippen molar-refractivity contribution in [2.75, 3.05) is 5.32 Å². The molecule has 8 heteroatoms. The monoisotopic (exact) mass is 367 g/mol. The number of hydrogen-bond donors (Lipinski definition) is 3. The summed E-state index contributed by atoms with van der Waals surface area (Å²) in [5.41, 5.74) is 5.81. The molecule has 1 aromatic carbocycles. The fourth-order valence-corrected chi connectivity index (χ4v) is 2.26. The third-order valence-corrected chi connectivity index (χ3v) is 4.26. The summed E-state index contributed by atoms with van der Waals surface area (Å²) in [6.07, 6.45) is 0.392. The number of carbonyl (C=O) groups excluding carboxylic acids is 1. The highest BCUT2D eigenvalue weighted by Crippen LogP contribution is 2.36. The van der Waals surface area contributed by atoms with Gasteiger partial charge < -0.3 is 16.3 Å². The van der Waals surface area contributed by atoms with Gasteiger partial charge >= 0.3 is 0 Å². The molecule has 1 aromatic rings. The first kappa shape index (κ1) is 16.1. The maximum Gasteiger partial charge on any atom is 0.235 e. The second kappa shape index (κ2) is 6.98. The first-order valence-electron chi connectivity index (χ1n) is 5.34. The average Bonchev–Trinajstić information content (AvgIpc) is 2.40. The van der Waals surface area contributed by atoms with E-state index in [-0.39, 0.29) is 10.9 Å². The molecule has 0 aromatic heterocycles. The van der Waals surface area contributed by atoms with Crippen LogP contribution in [0.4, 0.5) is 5.69 Å². The number of nitrogens with zero attached hydrogens (tertiary/aromatic N) is 1. The number of amidine groups is 1. The molecule has 0 fully saturated rings. The number of hydrogen-bond acceptors (Lipinski definition) is 3. The summed E-state index contributed by atoms with van der Waals surface area (Å²) in [4.78, 5) is 12.0. The molecular formula is C11H12BrCl2N3O2. The average molecular weight is 369 g/mol. The molecule has 1 unspecified atom stereocenters. The van der Waals surface area contributed by atoms with E-state index in [4.69, 9.17) is 34.1 Å². The molecular weight excluding hydrogens is 357 g/mol. The van der Waals surface area contributed by atoms with E-state index < -0.39 is 11.8 Å². The van der Waals surface area contributed by atoms with Crippen molar-refractivity contribution in [3.63, 3.8) is 0 Å². The van der Waals surface area contributed by atoms with Crippen LogP contribution in [0, 0.1) is 5.92 Å². The molecule has 0 bridgehead atoms. The number of benzene rings is 1. The van der Waals surface area contributed by atoms with E-state index in [0.717, 1.165) is 0 Å². The maximum absolute atomic E-state index is 12.0. The molecule has 1 rings (SSSR count). The maximum atomic E-state index is 12.0. The predicted molar refractivity (Wildman–Crippen MR) is 80.0 cm³/mol. The molecule has 1 amide bonds. The fourth-order valence-electron chi connectivity index (χ4n) is 1.44. The Hall–Kier alpha value is -0.980. The van der Waals surface area contributed by atoms with Crippen molar-refractivity contribution in [3.8, 4) is 0 Å². The van der Waals surface area contributed by atoms with Crippen molar-refractivity contribution in [2.45, 2.75) is 13.3 Å². The number of rotatable bonds is 4. The van der Waals surface area contributed by atoms with Gasteiger partial charge in [0.2, 0.25) is 5.91 Å². The number of nitrogens with one attached hydrogen (secondary N) is 1. The summed E-state index contributed by atoms with van der Waals surface area (Å²) in [5.74, 6) is -1.30. The normalized spacial score (nSPS) is 13.2. The minimum Gasteiger partial charge on any atom is -0.409 e. The van der Waals surface area contributed by atoms with Crippen LogP contribution < -0.4 is 11.1 Å². The van der Waals surface area contributed by atoms with E-state index in [0.29, 0.717) is 21.6 Å². The van der Waals surface area contributed by atoms with Crippen molar-refractivity contribution >= 4 is 56.6 Å². The van der Waals surface area contributed by atoms with Crippen LogP contribution >= 0.6 is 39.1 Å². The van der Waals surface area contributed by atoms with E-state index in [1.165, 1.54) is 0 Å². The lowest BCUT2D eigenvalue weighted by Gasteiger charge is -2.15. The Morgan fingerprint density at radius 2 is 2.16 bits per heavy atom. The quantitative estimate of drug-likeness (QED) is 0.250. The van der Waals surface area contributed by atoms with E-state index in [9.17, 15) is 4.79 Å². The fraction of sp³-hybridized carbons (Fsp3) is 0.273. The van der Waals surface area contributed by atoms with Gasteiger partial charge in [0.25, 0.3) is 0 Å². The minimum atomic E-state index is -0.733. The van der Waals surface area contributed by atoms with Gasteiger partial charge in [-0.3, -0.25) is 4.79 Å². The van der Waals surface area contributed by atoms with Crippen molar-refractivity contribution < 1.29 is 10.0 Å². The summed E-state index contributed by atoms with van der Waals surface area (Å²) in [7, 11) is 0. The highest BCUT2D eigenvalue weighted by molar-refractivity contribution is 9.10. The first-order valence-corrected chi connectivity index (χ1v) is 6.89. The predicted octanol–water partition coefficient (Wildman–Crippen LogP) is 3.47. The number of nitrogens with two attached hydrogens (primary N) is 1. The van der Waals surface area contributed by atoms with Crippen LogP contribution in [0.25, 0.3) is 0 Å².